The molecule has 1 N–H and O–H groups in total. The monoisotopic (exact) mass is 199 g/mol. The molecular weight excluding hydrogens is 186 g/mol. The van der Waals surface area contributed by atoms with Gasteiger partial charge in [0.25, 0.3) is 0 Å². The molecule has 0 saturated carbocycles. The number of pyridine rings is 1. The molecule has 1 rings (SSSR count). The molecule has 0 fully saturated rings. The molecule has 0 radical (unpaired) electrons. The first-order valence-electron chi connectivity index (χ1n) is 4.90. The standard InChI is InChI=1S/C12H13N3/c1-2-3-4-5-8-14-12-7-6-11(9-13)10-15-12/h1,6-7,10H,3-5,8H2,(H,14,15). The number of unbranched alkanes of at least 4 members (excludes halogenated alkanes) is 2. The predicted molar refractivity (Wildman–Crippen MR) is 60.1 cm³/mol. The molecule has 0 saturated heterocycles. The van der Waals surface area contributed by atoms with Crippen molar-refractivity contribution in [1.29, 1.82) is 5.26 Å². The van der Waals surface area contributed by atoms with Crippen molar-refractivity contribution in [3.05, 3.63) is 23.9 Å². The molecular formula is C12H13N3. The summed E-state index contributed by atoms with van der Waals surface area (Å²) in [7, 11) is 0. The quantitative estimate of drug-likeness (QED) is 0.584. The highest BCUT2D eigenvalue weighted by Crippen LogP contribution is 2.04. The Bertz CT molecular complexity index is 367. The number of terminal acetylenes is 1. The van der Waals surface area contributed by atoms with Gasteiger partial charge in [0.15, 0.2) is 0 Å². The summed E-state index contributed by atoms with van der Waals surface area (Å²) in [4.78, 5) is 4.09. The average Bonchev–Trinajstić information content (AvgIpc) is 2.30. The third-order valence-electron chi connectivity index (χ3n) is 1.95. The summed E-state index contributed by atoms with van der Waals surface area (Å²) < 4.78 is 0. The Morgan fingerprint density at radius 1 is 1.40 bits per heavy atom. The number of hydrogen-bond acceptors (Lipinski definition) is 3. The van der Waals surface area contributed by atoms with E-state index in [0.717, 1.165) is 31.6 Å². The van der Waals surface area contributed by atoms with E-state index in [9.17, 15) is 0 Å². The summed E-state index contributed by atoms with van der Waals surface area (Å²) in [6, 6.07) is 5.58. The Kier molecular flexibility index (Phi) is 4.77. The first-order valence-corrected chi connectivity index (χ1v) is 4.90. The molecule has 0 bridgehead atoms. The van der Waals surface area contributed by atoms with E-state index in [0.29, 0.717) is 5.56 Å². The maximum absolute atomic E-state index is 8.57. The van der Waals surface area contributed by atoms with Crippen molar-refractivity contribution >= 4 is 5.82 Å². The summed E-state index contributed by atoms with van der Waals surface area (Å²) in [5.41, 5.74) is 0.577. The summed E-state index contributed by atoms with van der Waals surface area (Å²) in [5, 5.41) is 11.7. The number of nitriles is 1. The molecule has 76 valence electrons. The molecule has 1 aromatic heterocycles. The van der Waals surface area contributed by atoms with Gasteiger partial charge in [0.1, 0.15) is 11.9 Å². The van der Waals surface area contributed by atoms with Gasteiger partial charge in [-0.2, -0.15) is 5.26 Å². The lowest BCUT2D eigenvalue weighted by atomic mass is 10.2. The molecule has 0 spiro atoms. The lowest BCUT2D eigenvalue weighted by molar-refractivity contribution is 0.787. The lowest BCUT2D eigenvalue weighted by Crippen LogP contribution is -2.02. The van der Waals surface area contributed by atoms with E-state index in [1.807, 2.05) is 6.07 Å². The first kappa shape index (κ1) is 11.1. The molecule has 0 amide bonds. The van der Waals surface area contributed by atoms with Crippen LogP contribution in [0.15, 0.2) is 18.3 Å². The molecule has 1 heterocycles. The zero-order valence-corrected chi connectivity index (χ0v) is 8.53. The van der Waals surface area contributed by atoms with Crippen LogP contribution in [0.3, 0.4) is 0 Å². The normalized spacial score (nSPS) is 8.93. The molecule has 0 aromatic carbocycles. The van der Waals surface area contributed by atoms with Crippen molar-refractivity contribution in [2.45, 2.75) is 19.3 Å². The van der Waals surface area contributed by atoms with Crippen molar-refractivity contribution in [2.24, 2.45) is 0 Å². The van der Waals surface area contributed by atoms with Crippen molar-refractivity contribution in [2.75, 3.05) is 11.9 Å². The number of hydrogen-bond donors (Lipinski definition) is 1. The summed E-state index contributed by atoms with van der Waals surface area (Å²) in [5.74, 6) is 3.40. The van der Waals surface area contributed by atoms with Crippen LogP contribution in [0.25, 0.3) is 0 Å². The van der Waals surface area contributed by atoms with Gasteiger partial charge in [-0.25, -0.2) is 4.98 Å². The van der Waals surface area contributed by atoms with Crippen molar-refractivity contribution in [3.63, 3.8) is 0 Å². The molecule has 3 nitrogen and oxygen atoms in total. The van der Waals surface area contributed by atoms with E-state index < -0.39 is 0 Å². The number of aromatic nitrogens is 1. The van der Waals surface area contributed by atoms with Crippen LogP contribution in [-0.4, -0.2) is 11.5 Å². The van der Waals surface area contributed by atoms with Gasteiger partial charge in [-0.15, -0.1) is 12.3 Å². The Hall–Kier alpha value is -2.00. The summed E-state index contributed by atoms with van der Waals surface area (Å²) >= 11 is 0. The van der Waals surface area contributed by atoms with Crippen LogP contribution in [0.2, 0.25) is 0 Å². The molecule has 0 unspecified atom stereocenters. The Balaban J connectivity index is 2.27. The van der Waals surface area contributed by atoms with Crippen LogP contribution in [-0.2, 0) is 0 Å². The van der Waals surface area contributed by atoms with E-state index in [1.54, 1.807) is 18.3 Å². The fraction of sp³-hybridized carbons (Fsp3) is 0.333. The second-order valence-electron chi connectivity index (χ2n) is 3.13. The second-order valence-corrected chi connectivity index (χ2v) is 3.13. The zero-order chi connectivity index (χ0) is 10.9. The number of nitrogens with zero attached hydrogens (tertiary/aromatic N) is 2. The topological polar surface area (TPSA) is 48.7 Å². The summed E-state index contributed by atoms with van der Waals surface area (Å²) in [6.07, 6.45) is 9.58. The molecule has 15 heavy (non-hydrogen) atoms. The smallest absolute Gasteiger partial charge is 0.125 e. The minimum atomic E-state index is 0.577. The first-order chi connectivity index (χ1) is 7.36. The van der Waals surface area contributed by atoms with Gasteiger partial charge in [0.2, 0.25) is 0 Å². The van der Waals surface area contributed by atoms with Gasteiger partial charge in [-0.05, 0) is 25.0 Å². The Morgan fingerprint density at radius 3 is 2.87 bits per heavy atom. The van der Waals surface area contributed by atoms with Gasteiger partial charge in [-0.3, -0.25) is 0 Å². The second kappa shape index (κ2) is 6.45. The van der Waals surface area contributed by atoms with E-state index in [-0.39, 0.29) is 0 Å². The average molecular weight is 199 g/mol. The van der Waals surface area contributed by atoms with Gasteiger partial charge < -0.3 is 5.32 Å². The fourth-order valence-corrected chi connectivity index (χ4v) is 1.13. The Morgan fingerprint density at radius 2 is 2.27 bits per heavy atom. The highest BCUT2D eigenvalue weighted by atomic mass is 15.0. The molecule has 3 heteroatoms. The minimum absolute atomic E-state index is 0.577. The van der Waals surface area contributed by atoms with E-state index in [2.05, 4.69) is 16.2 Å². The molecule has 0 aliphatic rings. The molecule has 0 atom stereocenters. The molecule has 0 aliphatic carbocycles. The van der Waals surface area contributed by atoms with Gasteiger partial charge in [-0.1, -0.05) is 0 Å². The number of anilines is 1. The van der Waals surface area contributed by atoms with Crippen LogP contribution in [0.4, 0.5) is 5.82 Å². The van der Waals surface area contributed by atoms with Crippen molar-refractivity contribution in [3.8, 4) is 18.4 Å². The van der Waals surface area contributed by atoms with Gasteiger partial charge >= 0.3 is 0 Å². The minimum Gasteiger partial charge on any atom is -0.370 e. The van der Waals surface area contributed by atoms with Crippen LogP contribution in [0, 0.1) is 23.7 Å². The van der Waals surface area contributed by atoms with E-state index >= 15 is 0 Å². The molecule has 1 aromatic rings. The largest absolute Gasteiger partial charge is 0.370 e. The number of rotatable bonds is 5. The fourth-order valence-electron chi connectivity index (χ4n) is 1.13. The van der Waals surface area contributed by atoms with Crippen LogP contribution >= 0.6 is 0 Å². The molecule has 0 aliphatic heterocycles. The maximum Gasteiger partial charge on any atom is 0.125 e. The summed E-state index contributed by atoms with van der Waals surface area (Å²) in [6.45, 7) is 0.862. The van der Waals surface area contributed by atoms with Gasteiger partial charge in [0.05, 0.1) is 5.56 Å². The van der Waals surface area contributed by atoms with Crippen LogP contribution in [0.5, 0.6) is 0 Å². The van der Waals surface area contributed by atoms with Crippen LogP contribution < -0.4 is 5.32 Å². The third-order valence-corrected chi connectivity index (χ3v) is 1.95. The van der Waals surface area contributed by atoms with Crippen molar-refractivity contribution in [1.82, 2.24) is 4.98 Å². The Labute approximate surface area is 90.1 Å². The third kappa shape index (κ3) is 4.15. The van der Waals surface area contributed by atoms with Crippen LogP contribution in [0.1, 0.15) is 24.8 Å². The number of nitrogens with one attached hydrogen (secondary N) is 1. The maximum atomic E-state index is 8.57. The SMILES string of the molecule is C#CCCCCNc1ccc(C#N)cn1. The van der Waals surface area contributed by atoms with E-state index in [1.165, 1.54) is 0 Å². The predicted octanol–water partition coefficient (Wildman–Crippen LogP) is 2.17. The van der Waals surface area contributed by atoms with Crippen molar-refractivity contribution < 1.29 is 0 Å². The highest BCUT2D eigenvalue weighted by molar-refractivity contribution is 5.38. The van der Waals surface area contributed by atoms with E-state index in [4.69, 9.17) is 11.7 Å². The van der Waals surface area contributed by atoms with Gasteiger partial charge in [0, 0.05) is 19.2 Å². The highest BCUT2D eigenvalue weighted by Gasteiger charge is 1.93. The lowest BCUT2D eigenvalue weighted by Gasteiger charge is -2.03. The zero-order valence-electron chi connectivity index (χ0n) is 8.53.